The van der Waals surface area contributed by atoms with E-state index in [1.54, 1.807) is 12.1 Å². The van der Waals surface area contributed by atoms with Crippen molar-refractivity contribution in [3.63, 3.8) is 0 Å². The predicted molar refractivity (Wildman–Crippen MR) is 95.5 cm³/mol. The van der Waals surface area contributed by atoms with Gasteiger partial charge in [0, 0.05) is 29.9 Å². The number of nitrogens with two attached hydrogens (primary N) is 1. The van der Waals surface area contributed by atoms with Crippen molar-refractivity contribution in [2.24, 2.45) is 11.7 Å². The van der Waals surface area contributed by atoms with E-state index in [4.69, 9.17) is 17.3 Å². The van der Waals surface area contributed by atoms with Gasteiger partial charge in [0.05, 0.1) is 10.9 Å². The fourth-order valence-electron chi connectivity index (χ4n) is 2.75. The number of hydrogen-bond donors (Lipinski definition) is 2. The average molecular weight is 376 g/mol. The third-order valence-corrected chi connectivity index (χ3v) is 4.44. The Kier molecular flexibility index (Phi) is 4.90. The summed E-state index contributed by atoms with van der Waals surface area (Å²) in [5.74, 6) is -2.24. The summed E-state index contributed by atoms with van der Waals surface area (Å²) in [4.78, 5) is 37.1. The number of carbonyl (C=O) groups excluding carboxylic acids is 3. The number of hydrogen-bond acceptors (Lipinski definition) is 3. The van der Waals surface area contributed by atoms with Gasteiger partial charge in [-0.15, -0.1) is 0 Å². The first-order chi connectivity index (χ1) is 12.3. The molecule has 1 fully saturated rings. The molecule has 1 atom stereocenters. The van der Waals surface area contributed by atoms with Gasteiger partial charge in [-0.3, -0.25) is 14.4 Å². The summed E-state index contributed by atoms with van der Waals surface area (Å²) < 4.78 is 13.3. The van der Waals surface area contributed by atoms with Crippen molar-refractivity contribution >= 4 is 40.7 Å². The van der Waals surface area contributed by atoms with Crippen LogP contribution in [-0.2, 0) is 9.59 Å². The largest absolute Gasteiger partial charge is 0.366 e. The van der Waals surface area contributed by atoms with Gasteiger partial charge in [0.1, 0.15) is 5.82 Å². The van der Waals surface area contributed by atoms with Gasteiger partial charge in [0.2, 0.25) is 17.7 Å². The summed E-state index contributed by atoms with van der Waals surface area (Å²) in [6.45, 7) is 0.173. The molecule has 1 aliphatic heterocycles. The zero-order valence-electron chi connectivity index (χ0n) is 13.5. The van der Waals surface area contributed by atoms with Crippen molar-refractivity contribution in [3.05, 3.63) is 58.9 Å². The number of benzene rings is 2. The lowest BCUT2D eigenvalue weighted by Gasteiger charge is -2.17. The quantitative estimate of drug-likeness (QED) is 0.860. The van der Waals surface area contributed by atoms with Crippen LogP contribution in [-0.4, -0.2) is 24.3 Å². The van der Waals surface area contributed by atoms with Gasteiger partial charge >= 0.3 is 0 Å². The van der Waals surface area contributed by atoms with Crippen LogP contribution in [0.25, 0.3) is 0 Å². The minimum atomic E-state index is -0.573. The van der Waals surface area contributed by atoms with E-state index in [0.717, 1.165) is 0 Å². The summed E-state index contributed by atoms with van der Waals surface area (Å²) in [6.07, 6.45) is 0.0419. The summed E-state index contributed by atoms with van der Waals surface area (Å²) in [7, 11) is 0. The molecular formula is C18H15ClFN3O3. The highest BCUT2D eigenvalue weighted by atomic mass is 35.5. The van der Waals surface area contributed by atoms with Crippen LogP contribution >= 0.6 is 11.6 Å². The second-order valence-corrected chi connectivity index (χ2v) is 6.34. The van der Waals surface area contributed by atoms with Crippen LogP contribution in [0.5, 0.6) is 0 Å². The number of rotatable bonds is 4. The number of halogens is 2. The van der Waals surface area contributed by atoms with E-state index in [2.05, 4.69) is 5.32 Å². The lowest BCUT2D eigenvalue weighted by molar-refractivity contribution is -0.122. The Morgan fingerprint density at radius 2 is 1.88 bits per heavy atom. The molecule has 1 aliphatic rings. The van der Waals surface area contributed by atoms with E-state index in [1.165, 1.54) is 35.2 Å². The smallest absolute Gasteiger partial charge is 0.248 e. The first-order valence-electron chi connectivity index (χ1n) is 7.81. The molecule has 3 rings (SSSR count). The number of amides is 3. The molecule has 0 unspecified atom stereocenters. The molecule has 0 radical (unpaired) electrons. The average Bonchev–Trinajstić information content (AvgIpc) is 3.00. The van der Waals surface area contributed by atoms with Crippen LogP contribution in [0.3, 0.4) is 0 Å². The van der Waals surface area contributed by atoms with Crippen LogP contribution < -0.4 is 16.0 Å². The Morgan fingerprint density at radius 1 is 1.19 bits per heavy atom. The maximum Gasteiger partial charge on any atom is 0.248 e. The molecule has 0 saturated carbocycles. The van der Waals surface area contributed by atoms with Crippen LogP contribution in [0, 0.1) is 11.7 Å². The van der Waals surface area contributed by atoms with E-state index in [-0.39, 0.29) is 29.8 Å². The van der Waals surface area contributed by atoms with Crippen LogP contribution in [0.2, 0.25) is 5.02 Å². The van der Waals surface area contributed by atoms with Crippen LogP contribution in [0.1, 0.15) is 16.8 Å². The summed E-state index contributed by atoms with van der Waals surface area (Å²) in [5, 5.41) is 2.62. The minimum Gasteiger partial charge on any atom is -0.366 e. The normalized spacial score (nSPS) is 16.6. The fourth-order valence-corrected chi connectivity index (χ4v) is 2.92. The number of anilines is 2. The second kappa shape index (κ2) is 7.13. The van der Waals surface area contributed by atoms with E-state index < -0.39 is 17.6 Å². The van der Waals surface area contributed by atoms with Crippen LogP contribution in [0.4, 0.5) is 15.8 Å². The maximum absolute atomic E-state index is 13.3. The molecule has 0 bridgehead atoms. The van der Waals surface area contributed by atoms with Gasteiger partial charge < -0.3 is 16.0 Å². The first kappa shape index (κ1) is 17.9. The Balaban J connectivity index is 1.68. The molecule has 0 spiro atoms. The van der Waals surface area contributed by atoms with Crippen molar-refractivity contribution in [3.8, 4) is 0 Å². The summed E-state index contributed by atoms with van der Waals surface area (Å²) in [5.41, 5.74) is 6.44. The molecule has 1 saturated heterocycles. The van der Waals surface area contributed by atoms with Crippen molar-refractivity contribution in [1.29, 1.82) is 0 Å². The number of carbonyl (C=O) groups is 3. The van der Waals surface area contributed by atoms with Crippen molar-refractivity contribution < 1.29 is 18.8 Å². The Hall–Kier alpha value is -2.93. The van der Waals surface area contributed by atoms with Gasteiger partial charge in [-0.25, -0.2) is 4.39 Å². The molecule has 26 heavy (non-hydrogen) atoms. The lowest BCUT2D eigenvalue weighted by atomic mass is 10.1. The fraction of sp³-hybridized carbons (Fsp3) is 0.167. The molecule has 2 aromatic rings. The third kappa shape index (κ3) is 3.67. The van der Waals surface area contributed by atoms with E-state index in [0.29, 0.717) is 16.9 Å². The van der Waals surface area contributed by atoms with E-state index >= 15 is 0 Å². The molecule has 0 aliphatic carbocycles. The SMILES string of the molecule is NC(=O)c1ccc(NC(=O)[C@H]2CC(=O)N(c3ccc(F)c(Cl)c3)C2)cc1. The van der Waals surface area contributed by atoms with Gasteiger partial charge in [-0.2, -0.15) is 0 Å². The molecule has 6 nitrogen and oxygen atoms in total. The zero-order chi connectivity index (χ0) is 18.8. The molecule has 134 valence electrons. The topological polar surface area (TPSA) is 92.5 Å². The first-order valence-corrected chi connectivity index (χ1v) is 8.19. The molecule has 8 heteroatoms. The predicted octanol–water partition coefficient (Wildman–Crippen LogP) is 2.57. The van der Waals surface area contributed by atoms with Gasteiger partial charge in [0.25, 0.3) is 0 Å². The molecule has 3 N–H and O–H groups in total. The second-order valence-electron chi connectivity index (χ2n) is 5.93. The van der Waals surface area contributed by atoms with Crippen molar-refractivity contribution in [2.75, 3.05) is 16.8 Å². The maximum atomic E-state index is 13.3. The Morgan fingerprint density at radius 3 is 2.50 bits per heavy atom. The Bertz CT molecular complexity index is 886. The highest BCUT2D eigenvalue weighted by Gasteiger charge is 2.35. The van der Waals surface area contributed by atoms with Gasteiger partial charge in [0.15, 0.2) is 0 Å². The highest BCUT2D eigenvalue weighted by molar-refractivity contribution is 6.31. The third-order valence-electron chi connectivity index (χ3n) is 4.15. The molecular weight excluding hydrogens is 361 g/mol. The monoisotopic (exact) mass is 375 g/mol. The number of nitrogens with one attached hydrogen (secondary N) is 1. The van der Waals surface area contributed by atoms with E-state index in [9.17, 15) is 18.8 Å². The standard InChI is InChI=1S/C18H15ClFN3O3/c19-14-8-13(5-6-15(14)20)23-9-11(7-16(23)24)18(26)22-12-3-1-10(2-4-12)17(21)25/h1-6,8,11H,7,9H2,(H2,21,25)(H,22,26)/t11-/m0/s1. The number of nitrogens with zero attached hydrogens (tertiary/aromatic N) is 1. The van der Waals surface area contributed by atoms with Gasteiger partial charge in [-0.05, 0) is 42.5 Å². The number of primary amides is 1. The zero-order valence-corrected chi connectivity index (χ0v) is 14.3. The minimum absolute atomic E-state index is 0.0419. The molecule has 2 aromatic carbocycles. The Labute approximate surface area is 153 Å². The lowest BCUT2D eigenvalue weighted by Crippen LogP contribution is -2.28. The van der Waals surface area contributed by atoms with Crippen LogP contribution in [0.15, 0.2) is 42.5 Å². The van der Waals surface area contributed by atoms with E-state index in [1.807, 2.05) is 0 Å². The molecule has 1 heterocycles. The summed E-state index contributed by atoms with van der Waals surface area (Å²) in [6, 6.07) is 10.1. The van der Waals surface area contributed by atoms with Crippen molar-refractivity contribution in [2.45, 2.75) is 6.42 Å². The molecule has 3 amide bonds. The van der Waals surface area contributed by atoms with Crippen molar-refractivity contribution in [1.82, 2.24) is 0 Å². The highest BCUT2D eigenvalue weighted by Crippen LogP contribution is 2.29. The molecule has 0 aromatic heterocycles. The van der Waals surface area contributed by atoms with Gasteiger partial charge in [-0.1, -0.05) is 11.6 Å². The summed E-state index contributed by atoms with van der Waals surface area (Å²) >= 11 is 5.76.